The monoisotopic (exact) mass is 1870 g/mol. The number of carbonyl (C=O) groups excluding carboxylic acids is 5. The van der Waals surface area contributed by atoms with Crippen LogP contribution in [-0.2, 0) is 32.1 Å². The maximum absolute atomic E-state index is 12.9. The van der Waals surface area contributed by atoms with Crippen molar-refractivity contribution in [1.82, 2.24) is 9.80 Å². The molecule has 4 heterocycles. The normalized spacial score (nSPS) is 13.4. The number of carbonyl (C=O) groups is 5. The Hall–Kier alpha value is -13.8. The Labute approximate surface area is 805 Å². The van der Waals surface area contributed by atoms with E-state index < -0.39 is 0 Å². The lowest BCUT2D eigenvalue weighted by Crippen LogP contribution is -2.46. The number of Topliss-reactive ketones (excluding diaryl/α,β-unsaturated/α-hetero) is 5. The zero-order valence-electron chi connectivity index (χ0n) is 81.1. The maximum atomic E-state index is 12.9. The molecule has 0 aromatic heterocycles. The topological polar surface area (TPSA) is 246 Å². The lowest BCUT2D eigenvalue weighted by molar-refractivity contribution is 0.0984. The second kappa shape index (κ2) is 51.6. The highest BCUT2D eigenvalue weighted by atomic mass is 35.5. The van der Waals surface area contributed by atoms with Crippen molar-refractivity contribution in [3.63, 3.8) is 0 Å². The highest BCUT2D eigenvalue weighted by Crippen LogP contribution is 2.44. The molecule has 0 unspecified atom stereocenters. The molecule has 0 saturated carbocycles. The molecule has 27 heteroatoms. The lowest BCUT2D eigenvalue weighted by Gasteiger charge is -2.36. The fraction of sp³-hybridized carbons (Fsp3) is 0.349. The first-order chi connectivity index (χ1) is 66.0. The minimum absolute atomic E-state index is 0.00611. The fourth-order valence-corrected chi connectivity index (χ4v) is 16.8. The summed E-state index contributed by atoms with van der Waals surface area (Å²) in [6.07, 6.45) is 6.57. The molecule has 4 aliphatic rings. The van der Waals surface area contributed by atoms with Crippen molar-refractivity contribution >= 4 is 74.6 Å². The SMILES string of the molecule is CCN1CCN(c2ccc(CC(=O)c3cc(OC)c(OC)c(OC)c3)cc2Cl)CC1.COc1cc(C(=O)Cc2ccc(N3CCCC3)cc2)cc(OC)c1OC.COc1cc(C(=O)Cc2ccc(N3CCN(C)CC3)cc2)cc(OC)c1OC.COc1cc(C(=O)Cc2ccc(Nc3ccccc3)cc2)cc(OC)c1OC.COc1cc(OC)cc(C(=O)Cc2ccc(N3CCCC3)cc2)c1. The van der Waals surface area contributed by atoms with Crippen LogP contribution in [0, 0.1) is 0 Å². The molecule has 0 amide bonds. The summed E-state index contributed by atoms with van der Waals surface area (Å²) in [5.41, 5.74) is 14.2. The molecule has 720 valence electrons. The zero-order valence-corrected chi connectivity index (χ0v) is 81.8. The van der Waals surface area contributed by atoms with Gasteiger partial charge in [0.25, 0.3) is 0 Å². The van der Waals surface area contributed by atoms with E-state index in [0.717, 1.165) is 130 Å². The Kier molecular flexibility index (Phi) is 39.0. The Morgan fingerprint density at radius 3 is 0.838 bits per heavy atom. The van der Waals surface area contributed by atoms with Crippen LogP contribution in [0.1, 0.15) is 112 Å². The lowest BCUT2D eigenvalue weighted by atomic mass is 10.0. The molecular weight excluding hydrogens is 1750 g/mol. The molecule has 11 aromatic carbocycles. The standard InChI is InChI=1S/C23H29ClN2O4.C23H23NO4.C22H28N2O4.C21H25NO4.C20H23NO3/c1-5-25-8-10-26(11-9-25)19-7-6-16(12-18(19)24)13-20(27)17-14-21(28-2)23(30-4)22(15-17)29-3;1-26-21-14-17(15-22(27-2)23(21)28-3)20(25)13-16-9-11-19(12-10-16)24-18-7-5-4-6-8-18;1-23-9-11-24(12-10-23)18-7-5-16(6-8-18)13-19(25)17-14-20(26-2)22(28-4)21(15-17)27-3;1-24-19-13-16(14-20(25-2)21(19)26-3)18(23)12-15-6-8-17(9-7-15)22-10-4-5-11-22;1-23-18-12-16(13-19(14-18)24-2)20(22)11-15-5-7-17(8-6-15)21-9-3-4-10-21/h6-7,12,14-15H,5,8-11,13H2,1-4H3;4-12,14-15,24H,13H2,1-3H3;5-8,14-15H,9-13H2,1-4H3;6-9,13-14H,4-5,10-12H2,1-3H3;5-8,12-14H,3-4,9-11H2,1-2H3. The van der Waals surface area contributed by atoms with E-state index in [1.54, 1.807) is 124 Å². The van der Waals surface area contributed by atoms with Crippen LogP contribution in [0.15, 0.2) is 212 Å². The summed E-state index contributed by atoms with van der Waals surface area (Å²) in [4.78, 5) is 78.0. The summed E-state index contributed by atoms with van der Waals surface area (Å²) < 4.78 is 74.4. The van der Waals surface area contributed by atoms with Crippen LogP contribution in [-0.4, -0.2) is 230 Å². The first-order valence-corrected chi connectivity index (χ1v) is 45.9. The number of benzene rings is 11. The highest BCUT2D eigenvalue weighted by Gasteiger charge is 2.26. The first kappa shape index (κ1) is 103. The summed E-state index contributed by atoms with van der Waals surface area (Å²) in [5.74, 6) is 6.95. The molecule has 0 spiro atoms. The third-order valence-electron chi connectivity index (χ3n) is 24.3. The van der Waals surface area contributed by atoms with Crippen molar-refractivity contribution in [3.8, 4) is 80.5 Å². The minimum Gasteiger partial charge on any atom is -0.497 e. The van der Waals surface area contributed by atoms with Gasteiger partial charge in [-0.25, -0.2) is 0 Å². The quantitative estimate of drug-likeness (QED) is 0.0359. The predicted octanol–water partition coefficient (Wildman–Crippen LogP) is 19.2. The van der Waals surface area contributed by atoms with Crippen molar-refractivity contribution in [2.24, 2.45) is 0 Å². The summed E-state index contributed by atoms with van der Waals surface area (Å²) in [7, 11) is 23.8. The first-order valence-electron chi connectivity index (χ1n) is 45.5. The molecule has 11 aromatic rings. The smallest absolute Gasteiger partial charge is 0.203 e. The predicted molar refractivity (Wildman–Crippen MR) is 538 cm³/mol. The number of hydrogen-bond donors (Lipinski definition) is 1. The van der Waals surface area contributed by atoms with Crippen LogP contribution in [0.25, 0.3) is 0 Å². The highest BCUT2D eigenvalue weighted by molar-refractivity contribution is 6.33. The maximum Gasteiger partial charge on any atom is 0.203 e. The van der Waals surface area contributed by atoms with E-state index in [9.17, 15) is 24.0 Å². The summed E-state index contributed by atoms with van der Waals surface area (Å²) >= 11 is 6.57. The van der Waals surface area contributed by atoms with Crippen molar-refractivity contribution in [1.29, 1.82) is 0 Å². The molecule has 15 rings (SSSR count). The van der Waals surface area contributed by atoms with Crippen LogP contribution in [0.5, 0.6) is 80.5 Å². The van der Waals surface area contributed by atoms with Crippen LogP contribution in [0.2, 0.25) is 5.02 Å². The Bertz CT molecular complexity index is 5620. The number of hydrogen-bond acceptors (Lipinski definition) is 26. The van der Waals surface area contributed by atoms with Crippen molar-refractivity contribution in [3.05, 3.63) is 273 Å². The van der Waals surface area contributed by atoms with Gasteiger partial charge >= 0.3 is 0 Å². The number of halogens is 1. The number of nitrogens with zero attached hydrogens (tertiary/aromatic N) is 6. The second-order valence-electron chi connectivity index (χ2n) is 32.8. The van der Waals surface area contributed by atoms with Crippen LogP contribution in [0.3, 0.4) is 0 Å². The van der Waals surface area contributed by atoms with Crippen molar-refractivity contribution < 1.29 is 90.3 Å². The third-order valence-corrected chi connectivity index (χ3v) is 24.6. The average Bonchev–Trinajstić information content (AvgIpc) is 0.827. The molecule has 4 fully saturated rings. The van der Waals surface area contributed by atoms with Gasteiger partial charge in [-0.1, -0.05) is 91.3 Å². The number of ketones is 5. The number of likely N-dealkylation sites (N-methyl/N-ethyl adjacent to an activating group) is 2. The van der Waals surface area contributed by atoms with Crippen LogP contribution >= 0.6 is 11.6 Å². The number of ether oxygens (including phenoxy) is 14. The number of piperazine rings is 2. The fourth-order valence-electron chi connectivity index (χ4n) is 16.5. The Morgan fingerprint density at radius 1 is 0.279 bits per heavy atom. The van der Waals surface area contributed by atoms with E-state index in [-0.39, 0.29) is 41.8 Å². The third kappa shape index (κ3) is 27.9. The number of methoxy groups -OCH3 is 14. The number of para-hydroxylation sites is 1. The van der Waals surface area contributed by atoms with Gasteiger partial charge in [0.1, 0.15) is 11.5 Å². The van der Waals surface area contributed by atoms with E-state index >= 15 is 0 Å². The molecule has 0 aliphatic carbocycles. The molecule has 0 radical (unpaired) electrons. The van der Waals surface area contributed by atoms with E-state index in [1.165, 1.54) is 85.4 Å². The van der Waals surface area contributed by atoms with Gasteiger partial charge in [0.15, 0.2) is 74.9 Å². The van der Waals surface area contributed by atoms with E-state index in [4.69, 9.17) is 77.9 Å². The molecule has 4 saturated heterocycles. The van der Waals surface area contributed by atoms with E-state index in [2.05, 4.69) is 85.1 Å². The number of rotatable bonds is 36. The Morgan fingerprint density at radius 2 is 0.551 bits per heavy atom. The minimum atomic E-state index is -0.0466. The Balaban J connectivity index is 0.000000164. The van der Waals surface area contributed by atoms with Gasteiger partial charge in [0.05, 0.1) is 110 Å². The van der Waals surface area contributed by atoms with Gasteiger partial charge in [0, 0.05) is 173 Å². The molecule has 136 heavy (non-hydrogen) atoms. The molecule has 26 nitrogen and oxygen atoms in total. The van der Waals surface area contributed by atoms with Gasteiger partial charge in [-0.2, -0.15) is 0 Å². The molecule has 0 atom stereocenters. The number of anilines is 6. The zero-order chi connectivity index (χ0) is 97.2. The molecular formula is C109H128ClN7O19. The largest absolute Gasteiger partial charge is 0.497 e. The van der Waals surface area contributed by atoms with Gasteiger partial charge < -0.3 is 101 Å². The number of nitrogens with one attached hydrogen (secondary N) is 1. The average molecular weight is 1880 g/mol. The molecule has 0 bridgehead atoms. The summed E-state index contributed by atoms with van der Waals surface area (Å²) in [6.45, 7) is 15.9. The second-order valence-corrected chi connectivity index (χ2v) is 33.2. The van der Waals surface area contributed by atoms with Crippen molar-refractivity contribution in [2.75, 3.05) is 217 Å². The van der Waals surface area contributed by atoms with Gasteiger partial charge in [-0.3, -0.25) is 24.0 Å². The summed E-state index contributed by atoms with van der Waals surface area (Å²) in [6, 6.07) is 67.2. The van der Waals surface area contributed by atoms with Crippen molar-refractivity contribution in [2.45, 2.75) is 64.7 Å². The van der Waals surface area contributed by atoms with Gasteiger partial charge in [-0.15, -0.1) is 0 Å². The van der Waals surface area contributed by atoms with Crippen LogP contribution in [0.4, 0.5) is 34.1 Å². The molecule has 1 N–H and O–H groups in total. The van der Waals surface area contributed by atoms with E-state index in [0.29, 0.717) is 133 Å². The van der Waals surface area contributed by atoms with Gasteiger partial charge in [-0.05, 0) is 201 Å². The van der Waals surface area contributed by atoms with E-state index in [1.807, 2.05) is 109 Å². The molecule has 4 aliphatic heterocycles. The van der Waals surface area contributed by atoms with Gasteiger partial charge in [0.2, 0.25) is 23.0 Å². The van der Waals surface area contributed by atoms with Crippen LogP contribution < -0.4 is 91.2 Å². The summed E-state index contributed by atoms with van der Waals surface area (Å²) in [5, 5.41) is 4.00.